The molecule has 0 unspecified atom stereocenters. The van der Waals surface area contributed by atoms with Crippen LogP contribution in [0.25, 0.3) is 5.69 Å². The first-order valence-electron chi connectivity index (χ1n) is 6.18. The van der Waals surface area contributed by atoms with Gasteiger partial charge in [-0.3, -0.25) is 4.79 Å². The van der Waals surface area contributed by atoms with Crippen molar-refractivity contribution in [3.63, 3.8) is 0 Å². The maximum Gasteiger partial charge on any atom is 0.275 e. The Morgan fingerprint density at radius 2 is 2.15 bits per heavy atom. The number of benzene rings is 1. The molecular formula is C14H17N3O3. The molecule has 1 aromatic heterocycles. The van der Waals surface area contributed by atoms with E-state index in [2.05, 4.69) is 10.4 Å². The average Bonchev–Trinajstić information content (AvgIpc) is 2.42. The molecule has 20 heavy (non-hydrogen) atoms. The first-order chi connectivity index (χ1) is 9.56. The molecule has 0 aliphatic rings. The van der Waals surface area contributed by atoms with Gasteiger partial charge in [0.15, 0.2) is 0 Å². The van der Waals surface area contributed by atoms with Crippen molar-refractivity contribution < 1.29 is 9.84 Å². The molecule has 6 nitrogen and oxygen atoms in total. The molecule has 0 radical (unpaired) electrons. The third-order valence-corrected chi connectivity index (χ3v) is 2.89. The minimum absolute atomic E-state index is 0.118. The summed E-state index contributed by atoms with van der Waals surface area (Å²) in [7, 11) is 3.28. The van der Waals surface area contributed by atoms with E-state index in [1.54, 1.807) is 13.1 Å². The molecule has 0 aliphatic heterocycles. The van der Waals surface area contributed by atoms with E-state index in [1.807, 2.05) is 19.1 Å². The molecule has 0 atom stereocenters. The van der Waals surface area contributed by atoms with Crippen molar-refractivity contribution in [3.8, 4) is 17.2 Å². The van der Waals surface area contributed by atoms with Gasteiger partial charge in [0.25, 0.3) is 5.56 Å². The molecule has 0 saturated heterocycles. The van der Waals surface area contributed by atoms with Crippen LogP contribution in [0.4, 0.5) is 0 Å². The number of aryl methyl sites for hydroxylation is 1. The molecule has 0 spiro atoms. The van der Waals surface area contributed by atoms with Crippen molar-refractivity contribution in [2.24, 2.45) is 0 Å². The van der Waals surface area contributed by atoms with Crippen LogP contribution in [0.5, 0.6) is 11.5 Å². The molecule has 0 amide bonds. The van der Waals surface area contributed by atoms with Gasteiger partial charge in [-0.25, -0.2) is 0 Å². The predicted molar refractivity (Wildman–Crippen MR) is 75.6 cm³/mol. The fraction of sp³-hybridized carbons (Fsp3) is 0.286. The Morgan fingerprint density at radius 1 is 1.40 bits per heavy atom. The highest BCUT2D eigenvalue weighted by Crippen LogP contribution is 2.23. The Morgan fingerprint density at radius 3 is 2.80 bits per heavy atom. The van der Waals surface area contributed by atoms with Gasteiger partial charge < -0.3 is 15.2 Å². The molecule has 0 bridgehead atoms. The van der Waals surface area contributed by atoms with Crippen molar-refractivity contribution in [2.45, 2.75) is 13.5 Å². The number of nitrogens with zero attached hydrogens (tertiary/aromatic N) is 2. The maximum absolute atomic E-state index is 12.0. The Balaban J connectivity index is 2.66. The molecule has 1 aromatic carbocycles. The number of aromatic nitrogens is 2. The standard InChI is InChI=1S/C14H17N3O3/c1-9-4-5-13(20-3)11(6-9)17-14(19)7-12(18)10(16-17)8-15-2/h4-7,15,18H,8H2,1-3H3. The van der Waals surface area contributed by atoms with Crippen LogP contribution in [0.2, 0.25) is 0 Å². The van der Waals surface area contributed by atoms with Crippen molar-refractivity contribution in [1.82, 2.24) is 15.1 Å². The van der Waals surface area contributed by atoms with E-state index in [1.165, 1.54) is 11.8 Å². The van der Waals surface area contributed by atoms with Crippen molar-refractivity contribution in [2.75, 3.05) is 14.2 Å². The Bertz CT molecular complexity index is 680. The molecule has 2 rings (SSSR count). The number of nitrogens with one attached hydrogen (secondary N) is 1. The molecule has 1 heterocycles. The Labute approximate surface area is 116 Å². The van der Waals surface area contributed by atoms with E-state index in [0.717, 1.165) is 11.6 Å². The molecular weight excluding hydrogens is 258 g/mol. The summed E-state index contributed by atoms with van der Waals surface area (Å²) < 4.78 is 6.50. The van der Waals surface area contributed by atoms with Crippen molar-refractivity contribution >= 4 is 0 Å². The molecule has 0 aliphatic carbocycles. The van der Waals surface area contributed by atoms with Crippen LogP contribution in [0.15, 0.2) is 29.1 Å². The number of hydrogen-bond acceptors (Lipinski definition) is 5. The van der Waals surface area contributed by atoms with Crippen LogP contribution in [0.1, 0.15) is 11.3 Å². The number of rotatable bonds is 4. The molecule has 106 valence electrons. The van der Waals surface area contributed by atoms with Crippen LogP contribution in [-0.2, 0) is 6.54 Å². The topological polar surface area (TPSA) is 76.4 Å². The average molecular weight is 275 g/mol. The normalized spacial score (nSPS) is 10.6. The second kappa shape index (κ2) is 5.75. The van der Waals surface area contributed by atoms with Gasteiger partial charge in [-0.05, 0) is 31.7 Å². The lowest BCUT2D eigenvalue weighted by Crippen LogP contribution is -2.23. The van der Waals surface area contributed by atoms with Gasteiger partial charge in [-0.1, -0.05) is 6.07 Å². The summed E-state index contributed by atoms with van der Waals surface area (Å²) >= 11 is 0. The quantitative estimate of drug-likeness (QED) is 0.869. The molecule has 0 fully saturated rings. The number of hydrogen-bond donors (Lipinski definition) is 2. The van der Waals surface area contributed by atoms with E-state index >= 15 is 0 Å². The van der Waals surface area contributed by atoms with Gasteiger partial charge in [0, 0.05) is 12.6 Å². The van der Waals surface area contributed by atoms with Crippen LogP contribution in [0.3, 0.4) is 0 Å². The number of aromatic hydroxyl groups is 1. The number of methoxy groups -OCH3 is 1. The van der Waals surface area contributed by atoms with Gasteiger partial charge in [0.05, 0.1) is 7.11 Å². The lowest BCUT2D eigenvalue weighted by Gasteiger charge is -2.12. The minimum Gasteiger partial charge on any atom is -0.506 e. The highest BCUT2D eigenvalue weighted by molar-refractivity contribution is 5.48. The Kier molecular flexibility index (Phi) is 4.05. The van der Waals surface area contributed by atoms with E-state index in [4.69, 9.17) is 4.74 Å². The maximum atomic E-state index is 12.0. The minimum atomic E-state index is -0.411. The first kappa shape index (κ1) is 14.1. The summed E-state index contributed by atoms with van der Waals surface area (Å²) in [4.78, 5) is 12.0. The summed E-state index contributed by atoms with van der Waals surface area (Å²) in [5, 5.41) is 16.8. The van der Waals surface area contributed by atoms with Gasteiger partial charge in [-0.2, -0.15) is 9.78 Å². The lowest BCUT2D eigenvalue weighted by atomic mass is 10.2. The molecule has 2 N–H and O–H groups in total. The first-order valence-corrected chi connectivity index (χ1v) is 6.18. The van der Waals surface area contributed by atoms with E-state index < -0.39 is 5.56 Å². The second-order valence-corrected chi connectivity index (χ2v) is 4.43. The zero-order valence-electron chi connectivity index (χ0n) is 11.7. The van der Waals surface area contributed by atoms with Gasteiger partial charge in [0.2, 0.25) is 0 Å². The zero-order valence-corrected chi connectivity index (χ0v) is 11.7. The van der Waals surface area contributed by atoms with E-state index in [0.29, 0.717) is 23.7 Å². The summed E-state index contributed by atoms with van der Waals surface area (Å²) in [6.07, 6.45) is 0. The predicted octanol–water partition coefficient (Wildman–Crippen LogP) is 0.975. The summed E-state index contributed by atoms with van der Waals surface area (Å²) in [6, 6.07) is 6.64. The fourth-order valence-corrected chi connectivity index (χ4v) is 1.91. The molecule has 2 aromatic rings. The highest BCUT2D eigenvalue weighted by atomic mass is 16.5. The van der Waals surface area contributed by atoms with Gasteiger partial charge in [-0.15, -0.1) is 0 Å². The van der Waals surface area contributed by atoms with Gasteiger partial charge >= 0.3 is 0 Å². The zero-order chi connectivity index (χ0) is 14.7. The third kappa shape index (κ3) is 2.65. The van der Waals surface area contributed by atoms with E-state index in [9.17, 15) is 9.90 Å². The second-order valence-electron chi connectivity index (χ2n) is 4.43. The van der Waals surface area contributed by atoms with Crippen LogP contribution >= 0.6 is 0 Å². The SMILES string of the molecule is CNCc1nn(-c2cc(C)ccc2OC)c(=O)cc1O. The molecule has 6 heteroatoms. The lowest BCUT2D eigenvalue weighted by molar-refractivity contribution is 0.409. The van der Waals surface area contributed by atoms with E-state index in [-0.39, 0.29) is 5.75 Å². The van der Waals surface area contributed by atoms with Crippen LogP contribution in [0, 0.1) is 6.92 Å². The summed E-state index contributed by atoms with van der Waals surface area (Å²) in [6.45, 7) is 2.28. The third-order valence-electron chi connectivity index (χ3n) is 2.89. The largest absolute Gasteiger partial charge is 0.506 e. The highest BCUT2D eigenvalue weighted by Gasteiger charge is 2.12. The molecule has 0 saturated carbocycles. The Hall–Kier alpha value is -2.34. The summed E-state index contributed by atoms with van der Waals surface area (Å²) in [5.41, 5.74) is 1.52. The van der Waals surface area contributed by atoms with Crippen LogP contribution < -0.4 is 15.6 Å². The summed E-state index contributed by atoms with van der Waals surface area (Å²) in [5.74, 6) is 0.429. The smallest absolute Gasteiger partial charge is 0.275 e. The monoisotopic (exact) mass is 275 g/mol. The van der Waals surface area contributed by atoms with Crippen LogP contribution in [-0.4, -0.2) is 29.0 Å². The van der Waals surface area contributed by atoms with Crippen molar-refractivity contribution in [3.05, 3.63) is 45.9 Å². The van der Waals surface area contributed by atoms with Gasteiger partial charge in [0.1, 0.15) is 22.9 Å². The number of ether oxygens (including phenoxy) is 1. The fourth-order valence-electron chi connectivity index (χ4n) is 1.91. The van der Waals surface area contributed by atoms with Crippen molar-refractivity contribution in [1.29, 1.82) is 0 Å².